The monoisotopic (exact) mass is 378 g/mol. The van der Waals surface area contributed by atoms with Gasteiger partial charge >= 0.3 is 0 Å². The number of thioether (sulfide) groups is 2. The summed E-state index contributed by atoms with van der Waals surface area (Å²) in [6.07, 6.45) is 1.21. The predicted octanol–water partition coefficient (Wildman–Crippen LogP) is 4.85. The minimum absolute atomic E-state index is 0.207. The van der Waals surface area contributed by atoms with Crippen LogP contribution >= 0.6 is 23.5 Å². The van der Waals surface area contributed by atoms with E-state index in [0.717, 1.165) is 35.3 Å². The Bertz CT molecular complexity index is 793. The fourth-order valence-electron chi connectivity index (χ4n) is 2.39. The smallest absolute Gasteiger partial charge is 0.271 e. The number of non-ortho nitro benzene ring substituents is 1. The summed E-state index contributed by atoms with van der Waals surface area (Å²) in [4.78, 5) is 22.4. The lowest BCUT2D eigenvalue weighted by molar-refractivity contribution is -0.384. The molecular formula is C17H15FN2O3S2. The lowest BCUT2D eigenvalue weighted by Gasteiger charge is -2.21. The summed E-state index contributed by atoms with van der Waals surface area (Å²) in [6, 6.07) is 10.2. The van der Waals surface area contributed by atoms with Crippen molar-refractivity contribution in [3.63, 3.8) is 0 Å². The number of anilines is 1. The minimum Gasteiger partial charge on any atom is -0.319 e. The molecule has 1 saturated heterocycles. The number of carbonyl (C=O) groups is 1. The number of carbonyl (C=O) groups excluding carboxylic acids is 1. The number of benzene rings is 2. The first-order valence-electron chi connectivity index (χ1n) is 7.63. The van der Waals surface area contributed by atoms with Gasteiger partial charge in [-0.1, -0.05) is 12.1 Å². The molecule has 8 heteroatoms. The molecule has 5 nitrogen and oxygen atoms in total. The molecule has 1 aliphatic heterocycles. The highest BCUT2D eigenvalue weighted by Crippen LogP contribution is 2.43. The highest BCUT2D eigenvalue weighted by molar-refractivity contribution is 8.16. The van der Waals surface area contributed by atoms with Crippen molar-refractivity contribution in [3.8, 4) is 0 Å². The van der Waals surface area contributed by atoms with Crippen molar-refractivity contribution in [1.82, 2.24) is 0 Å². The average molecular weight is 378 g/mol. The topological polar surface area (TPSA) is 72.2 Å². The highest BCUT2D eigenvalue weighted by atomic mass is 32.2. The van der Waals surface area contributed by atoms with Crippen LogP contribution < -0.4 is 5.32 Å². The van der Waals surface area contributed by atoms with Gasteiger partial charge in [0.1, 0.15) is 5.82 Å². The number of hydrogen-bond acceptors (Lipinski definition) is 5. The average Bonchev–Trinajstić information content (AvgIpc) is 2.64. The van der Waals surface area contributed by atoms with Crippen LogP contribution in [0.4, 0.5) is 15.8 Å². The van der Waals surface area contributed by atoms with Crippen LogP contribution in [0, 0.1) is 15.9 Å². The van der Waals surface area contributed by atoms with Crippen molar-refractivity contribution in [2.45, 2.75) is 11.0 Å². The van der Waals surface area contributed by atoms with Crippen LogP contribution in [0.1, 0.15) is 26.9 Å². The summed E-state index contributed by atoms with van der Waals surface area (Å²) < 4.78 is 14.1. The Kier molecular flexibility index (Phi) is 5.60. The summed E-state index contributed by atoms with van der Waals surface area (Å²) in [5, 5.41) is 13.2. The van der Waals surface area contributed by atoms with Crippen molar-refractivity contribution < 1.29 is 14.1 Å². The van der Waals surface area contributed by atoms with E-state index in [1.54, 1.807) is 12.1 Å². The molecule has 0 aromatic heterocycles. The molecule has 1 aliphatic rings. The molecule has 0 unspecified atom stereocenters. The van der Waals surface area contributed by atoms with E-state index in [-0.39, 0.29) is 11.4 Å². The van der Waals surface area contributed by atoms with Crippen molar-refractivity contribution in [2.24, 2.45) is 0 Å². The Morgan fingerprint density at radius 1 is 1.16 bits per heavy atom. The second-order valence-corrected chi connectivity index (χ2v) is 8.15. The van der Waals surface area contributed by atoms with Gasteiger partial charge in [0, 0.05) is 17.7 Å². The van der Waals surface area contributed by atoms with E-state index in [9.17, 15) is 19.3 Å². The van der Waals surface area contributed by atoms with E-state index in [0.29, 0.717) is 10.1 Å². The first kappa shape index (κ1) is 17.8. The summed E-state index contributed by atoms with van der Waals surface area (Å²) in [5.41, 5.74) is 1.04. The van der Waals surface area contributed by atoms with Gasteiger partial charge in [-0.2, -0.15) is 0 Å². The molecule has 2 aromatic carbocycles. The predicted molar refractivity (Wildman–Crippen MR) is 99.7 cm³/mol. The highest BCUT2D eigenvalue weighted by Gasteiger charge is 2.18. The van der Waals surface area contributed by atoms with Crippen LogP contribution in [0.2, 0.25) is 0 Å². The van der Waals surface area contributed by atoms with Gasteiger partial charge in [-0.15, -0.1) is 23.5 Å². The summed E-state index contributed by atoms with van der Waals surface area (Å²) in [5.74, 6) is 1.04. The molecule has 1 N–H and O–H groups in total. The molecule has 0 atom stereocenters. The fourth-order valence-corrected chi connectivity index (χ4v) is 5.28. The molecule has 0 spiro atoms. The fraction of sp³-hybridized carbons (Fsp3) is 0.235. The van der Waals surface area contributed by atoms with Crippen LogP contribution in [0.5, 0.6) is 0 Å². The number of nitrogens with one attached hydrogen (secondary N) is 1. The maximum absolute atomic E-state index is 13.8. The van der Waals surface area contributed by atoms with Crippen molar-refractivity contribution in [1.29, 1.82) is 0 Å². The van der Waals surface area contributed by atoms with E-state index >= 15 is 0 Å². The van der Waals surface area contributed by atoms with Crippen LogP contribution in [-0.4, -0.2) is 22.3 Å². The Hall–Kier alpha value is -2.06. The number of rotatable bonds is 4. The number of halogens is 1. The normalized spacial score (nSPS) is 14.9. The number of amides is 1. The van der Waals surface area contributed by atoms with E-state index in [4.69, 9.17) is 0 Å². The van der Waals surface area contributed by atoms with Crippen molar-refractivity contribution in [2.75, 3.05) is 16.8 Å². The zero-order valence-corrected chi connectivity index (χ0v) is 14.7. The molecule has 1 amide bonds. The van der Waals surface area contributed by atoms with E-state index in [1.807, 2.05) is 35.7 Å². The number of nitrogens with zero attached hydrogens (tertiary/aromatic N) is 1. The van der Waals surface area contributed by atoms with E-state index in [1.165, 1.54) is 6.42 Å². The van der Waals surface area contributed by atoms with E-state index in [2.05, 4.69) is 5.32 Å². The Morgan fingerprint density at radius 2 is 1.84 bits per heavy atom. The molecule has 1 fully saturated rings. The van der Waals surface area contributed by atoms with Gasteiger partial charge in [-0.25, -0.2) is 4.39 Å². The molecule has 25 heavy (non-hydrogen) atoms. The number of hydrogen-bond donors (Lipinski definition) is 1. The molecule has 130 valence electrons. The zero-order valence-electron chi connectivity index (χ0n) is 13.1. The Morgan fingerprint density at radius 3 is 2.48 bits per heavy atom. The van der Waals surface area contributed by atoms with Gasteiger partial charge in [-0.05, 0) is 41.7 Å². The molecule has 0 saturated carbocycles. The second kappa shape index (κ2) is 7.88. The van der Waals surface area contributed by atoms with Crippen molar-refractivity contribution >= 4 is 40.8 Å². The third-order valence-corrected chi connectivity index (χ3v) is 6.70. The molecule has 0 radical (unpaired) electrons. The van der Waals surface area contributed by atoms with Gasteiger partial charge < -0.3 is 5.32 Å². The third-order valence-electron chi connectivity index (χ3n) is 3.68. The van der Waals surface area contributed by atoms with Gasteiger partial charge in [0.05, 0.1) is 15.2 Å². The summed E-state index contributed by atoms with van der Waals surface area (Å²) >= 11 is 3.78. The summed E-state index contributed by atoms with van der Waals surface area (Å²) in [6.45, 7) is 0. The van der Waals surface area contributed by atoms with Gasteiger partial charge in [0.25, 0.3) is 11.6 Å². The maximum atomic E-state index is 13.8. The maximum Gasteiger partial charge on any atom is 0.271 e. The SMILES string of the molecule is O=C(Nc1cc([N+](=O)[O-])ccc1F)c1ccc(C2SCCCS2)cc1. The number of nitro benzene ring substituents is 1. The zero-order chi connectivity index (χ0) is 17.8. The van der Waals surface area contributed by atoms with E-state index < -0.39 is 16.6 Å². The molecule has 2 aromatic rings. The molecular weight excluding hydrogens is 363 g/mol. The Labute approximate surface area is 152 Å². The Balaban J connectivity index is 1.73. The van der Waals surface area contributed by atoms with Gasteiger partial charge in [0.15, 0.2) is 0 Å². The van der Waals surface area contributed by atoms with Crippen LogP contribution in [0.3, 0.4) is 0 Å². The molecule has 0 bridgehead atoms. The van der Waals surface area contributed by atoms with Gasteiger partial charge in [-0.3, -0.25) is 14.9 Å². The molecule has 1 heterocycles. The van der Waals surface area contributed by atoms with Crippen molar-refractivity contribution in [3.05, 3.63) is 69.5 Å². The minimum atomic E-state index is -0.717. The molecule has 3 rings (SSSR count). The first-order valence-corrected chi connectivity index (χ1v) is 9.73. The van der Waals surface area contributed by atoms with Crippen LogP contribution in [-0.2, 0) is 0 Å². The summed E-state index contributed by atoms with van der Waals surface area (Å²) in [7, 11) is 0. The second-order valence-electron chi connectivity index (χ2n) is 5.42. The molecule has 0 aliphatic carbocycles. The van der Waals surface area contributed by atoms with Crippen LogP contribution in [0.15, 0.2) is 42.5 Å². The quantitative estimate of drug-likeness (QED) is 0.608. The lowest BCUT2D eigenvalue weighted by Crippen LogP contribution is -2.13. The first-order chi connectivity index (χ1) is 12.0. The van der Waals surface area contributed by atoms with Crippen LogP contribution in [0.25, 0.3) is 0 Å². The lowest BCUT2D eigenvalue weighted by atomic mass is 10.1. The standard InChI is InChI=1S/C17H15FN2O3S2/c18-14-7-6-13(20(22)23)10-15(14)19-16(21)11-2-4-12(5-3-11)17-24-8-1-9-25-17/h2-7,10,17H,1,8-9H2,(H,19,21). The largest absolute Gasteiger partial charge is 0.319 e. The third kappa shape index (κ3) is 4.32. The van der Waals surface area contributed by atoms with Gasteiger partial charge in [0.2, 0.25) is 0 Å². The number of nitro groups is 1.